The number of benzene rings is 1. The Morgan fingerprint density at radius 1 is 0.806 bits per heavy atom. The Labute approximate surface area is 203 Å². The standard InChI is InChI=1S/C26H47N3O.BrH/c1-6-7-8-9-10-11-12-13-14-15-22-29(4,5)23-16-21-27-26(30)24-17-19-25(20-18-24)28(2)3;/h17-20H,6-16,21-23H2,1-5H3;1H. The van der Waals surface area contributed by atoms with Crippen LogP contribution in [-0.4, -0.2) is 58.2 Å². The minimum absolute atomic E-state index is 0. The van der Waals surface area contributed by atoms with Gasteiger partial charge in [-0.2, -0.15) is 0 Å². The molecule has 1 amide bonds. The number of quaternary nitrogens is 1. The highest BCUT2D eigenvalue weighted by Crippen LogP contribution is 2.13. The van der Waals surface area contributed by atoms with Crippen LogP contribution < -0.4 is 27.2 Å². The van der Waals surface area contributed by atoms with E-state index in [0.29, 0.717) is 0 Å². The van der Waals surface area contributed by atoms with E-state index >= 15 is 0 Å². The smallest absolute Gasteiger partial charge is 0.251 e. The number of nitrogens with zero attached hydrogens (tertiary/aromatic N) is 2. The summed E-state index contributed by atoms with van der Waals surface area (Å²) < 4.78 is 1.05. The molecule has 0 aromatic heterocycles. The molecule has 1 N–H and O–H groups in total. The first kappa shape index (κ1) is 29.9. The van der Waals surface area contributed by atoms with Crippen LogP contribution in [0.2, 0.25) is 0 Å². The predicted molar refractivity (Wildman–Crippen MR) is 131 cm³/mol. The second-order valence-electron chi connectivity index (χ2n) is 9.62. The van der Waals surface area contributed by atoms with Crippen molar-refractivity contribution in [1.29, 1.82) is 0 Å². The normalized spacial score (nSPS) is 11.1. The summed E-state index contributed by atoms with van der Waals surface area (Å²) in [6.07, 6.45) is 14.9. The molecule has 4 nitrogen and oxygen atoms in total. The van der Waals surface area contributed by atoms with Gasteiger partial charge in [0.1, 0.15) is 0 Å². The molecule has 0 saturated carbocycles. The second-order valence-corrected chi connectivity index (χ2v) is 9.62. The van der Waals surface area contributed by atoms with Crippen LogP contribution in [0.5, 0.6) is 0 Å². The Morgan fingerprint density at radius 3 is 1.81 bits per heavy atom. The van der Waals surface area contributed by atoms with Gasteiger partial charge < -0.3 is 31.7 Å². The number of anilines is 1. The van der Waals surface area contributed by atoms with E-state index in [2.05, 4.69) is 26.3 Å². The van der Waals surface area contributed by atoms with Crippen LogP contribution in [0.1, 0.15) is 87.9 Å². The van der Waals surface area contributed by atoms with Gasteiger partial charge in [0.25, 0.3) is 5.91 Å². The number of unbranched alkanes of at least 4 members (excludes halogenated alkanes) is 9. The first-order valence-electron chi connectivity index (χ1n) is 12.2. The third-order valence-electron chi connectivity index (χ3n) is 5.99. The second kappa shape index (κ2) is 17.5. The quantitative estimate of drug-likeness (QED) is 0.265. The van der Waals surface area contributed by atoms with Crippen LogP contribution >= 0.6 is 0 Å². The van der Waals surface area contributed by atoms with Gasteiger partial charge in [-0.1, -0.05) is 58.3 Å². The van der Waals surface area contributed by atoms with Gasteiger partial charge in [-0.25, -0.2) is 0 Å². The number of carbonyl (C=O) groups excluding carboxylic acids is 1. The minimum atomic E-state index is 0. The maximum atomic E-state index is 12.3. The van der Waals surface area contributed by atoms with Gasteiger partial charge in [-0.3, -0.25) is 4.79 Å². The fourth-order valence-corrected chi connectivity index (χ4v) is 3.86. The molecule has 0 radical (unpaired) electrons. The number of nitrogens with one attached hydrogen (secondary N) is 1. The summed E-state index contributed by atoms with van der Waals surface area (Å²) in [5.74, 6) is 0.0281. The zero-order chi connectivity index (χ0) is 22.2. The van der Waals surface area contributed by atoms with Crippen molar-refractivity contribution in [3.8, 4) is 0 Å². The van der Waals surface area contributed by atoms with Crippen LogP contribution in [0.25, 0.3) is 0 Å². The molecule has 0 fully saturated rings. The molecule has 0 aliphatic carbocycles. The molecule has 180 valence electrons. The number of rotatable bonds is 17. The maximum absolute atomic E-state index is 12.3. The molecule has 0 saturated heterocycles. The van der Waals surface area contributed by atoms with E-state index in [0.717, 1.165) is 35.2 Å². The Bertz CT molecular complexity index is 573. The first-order chi connectivity index (χ1) is 14.4. The summed E-state index contributed by atoms with van der Waals surface area (Å²) >= 11 is 0. The summed E-state index contributed by atoms with van der Waals surface area (Å²) in [6, 6.07) is 7.77. The molecule has 1 rings (SSSR count). The molecule has 31 heavy (non-hydrogen) atoms. The molecule has 0 aliphatic heterocycles. The molecule has 1 aromatic rings. The fraction of sp³-hybridized carbons (Fsp3) is 0.731. The van der Waals surface area contributed by atoms with Crippen molar-refractivity contribution in [3.05, 3.63) is 29.8 Å². The van der Waals surface area contributed by atoms with Crippen molar-refractivity contribution < 1.29 is 26.3 Å². The van der Waals surface area contributed by atoms with Gasteiger partial charge in [0.15, 0.2) is 0 Å². The Hall–Kier alpha value is -1.07. The van der Waals surface area contributed by atoms with E-state index in [1.807, 2.05) is 43.3 Å². The molecule has 0 spiro atoms. The van der Waals surface area contributed by atoms with Crippen LogP contribution in [-0.2, 0) is 0 Å². The molecule has 0 heterocycles. The lowest BCUT2D eigenvalue weighted by Gasteiger charge is -2.30. The van der Waals surface area contributed by atoms with Crippen molar-refractivity contribution in [2.75, 3.05) is 52.7 Å². The molecule has 0 atom stereocenters. The summed E-state index contributed by atoms with van der Waals surface area (Å²) in [5, 5.41) is 3.07. The largest absolute Gasteiger partial charge is 1.00 e. The number of carbonyl (C=O) groups is 1. The molecule has 5 heteroatoms. The van der Waals surface area contributed by atoms with Crippen molar-refractivity contribution in [1.82, 2.24) is 5.32 Å². The third kappa shape index (κ3) is 14.6. The average molecular weight is 499 g/mol. The maximum Gasteiger partial charge on any atom is 0.251 e. The van der Waals surface area contributed by atoms with Gasteiger partial charge in [-0.15, -0.1) is 0 Å². The van der Waals surface area contributed by atoms with E-state index < -0.39 is 0 Å². The van der Waals surface area contributed by atoms with E-state index in [4.69, 9.17) is 0 Å². The zero-order valence-corrected chi connectivity index (χ0v) is 22.5. The monoisotopic (exact) mass is 497 g/mol. The molecule has 0 aliphatic rings. The minimum Gasteiger partial charge on any atom is -1.00 e. The first-order valence-corrected chi connectivity index (χ1v) is 12.2. The van der Waals surface area contributed by atoms with Crippen LogP contribution in [0.4, 0.5) is 5.69 Å². The summed E-state index contributed by atoms with van der Waals surface area (Å²) in [6.45, 7) is 5.36. The Balaban J connectivity index is 0.00000900. The molecule has 1 aromatic carbocycles. The topological polar surface area (TPSA) is 32.3 Å². The summed E-state index contributed by atoms with van der Waals surface area (Å²) in [4.78, 5) is 14.3. The molecule has 0 bridgehead atoms. The van der Waals surface area contributed by atoms with Crippen LogP contribution in [0.3, 0.4) is 0 Å². The average Bonchev–Trinajstić information content (AvgIpc) is 2.72. The highest BCUT2D eigenvalue weighted by molar-refractivity contribution is 5.94. The lowest BCUT2D eigenvalue weighted by molar-refractivity contribution is -0.890. The van der Waals surface area contributed by atoms with E-state index in [9.17, 15) is 4.79 Å². The fourth-order valence-electron chi connectivity index (χ4n) is 3.86. The van der Waals surface area contributed by atoms with Gasteiger partial charge in [0.2, 0.25) is 0 Å². The predicted octanol–water partition coefficient (Wildman–Crippen LogP) is 2.87. The SMILES string of the molecule is CCCCCCCCCCCC[N+](C)(C)CCCNC(=O)c1ccc(N(C)C)cc1.[Br-]. The number of hydrogen-bond donors (Lipinski definition) is 1. The Morgan fingerprint density at radius 2 is 1.29 bits per heavy atom. The van der Waals surface area contributed by atoms with E-state index in [-0.39, 0.29) is 22.9 Å². The van der Waals surface area contributed by atoms with E-state index in [1.54, 1.807) is 0 Å². The van der Waals surface area contributed by atoms with Gasteiger partial charge in [0.05, 0.1) is 27.2 Å². The number of halogens is 1. The lowest BCUT2D eigenvalue weighted by atomic mass is 10.1. The van der Waals surface area contributed by atoms with Crippen LogP contribution in [0, 0.1) is 0 Å². The summed E-state index contributed by atoms with van der Waals surface area (Å²) in [7, 11) is 8.64. The number of amides is 1. The highest BCUT2D eigenvalue weighted by atomic mass is 79.9. The van der Waals surface area contributed by atoms with E-state index in [1.165, 1.54) is 70.8 Å². The third-order valence-corrected chi connectivity index (χ3v) is 5.99. The van der Waals surface area contributed by atoms with Crippen molar-refractivity contribution >= 4 is 11.6 Å². The molecular formula is C26H48BrN3O. The highest BCUT2D eigenvalue weighted by Gasteiger charge is 2.14. The zero-order valence-electron chi connectivity index (χ0n) is 20.9. The van der Waals surface area contributed by atoms with Crippen molar-refractivity contribution in [3.63, 3.8) is 0 Å². The molecular weight excluding hydrogens is 450 g/mol. The lowest BCUT2D eigenvalue weighted by Crippen LogP contribution is -3.00. The van der Waals surface area contributed by atoms with Crippen LogP contribution in [0.15, 0.2) is 24.3 Å². The number of hydrogen-bond acceptors (Lipinski definition) is 2. The van der Waals surface area contributed by atoms with Gasteiger partial charge in [-0.05, 0) is 37.1 Å². The van der Waals surface area contributed by atoms with Gasteiger partial charge in [0, 0.05) is 38.3 Å². The Kier molecular flexibility index (Phi) is 16.9. The molecule has 0 unspecified atom stereocenters. The van der Waals surface area contributed by atoms with Gasteiger partial charge >= 0.3 is 0 Å². The van der Waals surface area contributed by atoms with Crippen molar-refractivity contribution in [2.24, 2.45) is 0 Å². The summed E-state index contributed by atoms with van der Waals surface area (Å²) in [5.41, 5.74) is 1.84. The van der Waals surface area contributed by atoms with Crippen molar-refractivity contribution in [2.45, 2.75) is 77.6 Å².